The first kappa shape index (κ1) is 32.5. The average molecular weight is 552 g/mol. The molecule has 1 atom stereocenters. The Morgan fingerprint density at radius 3 is 1.43 bits per heavy atom. The van der Waals surface area contributed by atoms with Gasteiger partial charge in [-0.1, -0.05) is 107 Å². The lowest BCUT2D eigenvalue weighted by molar-refractivity contribution is 0.0894. The van der Waals surface area contributed by atoms with Crippen LogP contribution >= 0.6 is 0 Å². The van der Waals surface area contributed by atoms with Gasteiger partial charge in [0.25, 0.3) is 0 Å². The van der Waals surface area contributed by atoms with Crippen LogP contribution in [0.25, 0.3) is 0 Å². The van der Waals surface area contributed by atoms with Crippen molar-refractivity contribution in [3.63, 3.8) is 0 Å². The molecular formula is C36H57NO3. The first-order valence-corrected chi connectivity index (χ1v) is 15.3. The molecule has 1 saturated heterocycles. The Morgan fingerprint density at radius 1 is 0.675 bits per heavy atom. The highest BCUT2D eigenvalue weighted by Gasteiger charge is 2.28. The van der Waals surface area contributed by atoms with Crippen molar-refractivity contribution in [2.45, 2.75) is 143 Å². The lowest BCUT2D eigenvalue weighted by Crippen LogP contribution is -2.28. The van der Waals surface area contributed by atoms with Crippen molar-refractivity contribution in [1.29, 1.82) is 0 Å². The maximum absolute atomic E-state index is 11.6. The Hall–Kier alpha value is -2.04. The van der Waals surface area contributed by atoms with Gasteiger partial charge in [0.1, 0.15) is 11.5 Å². The largest absolute Gasteiger partial charge is 0.507 e. The van der Waals surface area contributed by atoms with Gasteiger partial charge in [0.15, 0.2) is 0 Å². The van der Waals surface area contributed by atoms with E-state index >= 15 is 0 Å². The van der Waals surface area contributed by atoms with Crippen LogP contribution in [0.15, 0.2) is 24.3 Å². The Morgan fingerprint density at radius 2 is 1.10 bits per heavy atom. The fraction of sp³-hybridized carbons (Fsp3) is 0.667. The van der Waals surface area contributed by atoms with Crippen molar-refractivity contribution in [2.24, 2.45) is 0 Å². The summed E-state index contributed by atoms with van der Waals surface area (Å²) in [7, 11) is 0. The van der Waals surface area contributed by atoms with Crippen LogP contribution in [0.2, 0.25) is 0 Å². The highest BCUT2D eigenvalue weighted by atomic mass is 16.5. The first-order chi connectivity index (χ1) is 18.2. The SMILES string of the molecule is CC(C)(C)c1cc(CN(CCC2CCCO2)Cc2cc(C(C)(C)C)cc(C(C)(C)C)c2O)c(O)c(C(C)(C)C)c1. The zero-order valence-electron chi connectivity index (χ0n) is 27.6. The van der Waals surface area contributed by atoms with Crippen LogP contribution in [0.1, 0.15) is 136 Å². The number of rotatable bonds is 7. The van der Waals surface area contributed by atoms with Crippen molar-refractivity contribution >= 4 is 0 Å². The van der Waals surface area contributed by atoms with E-state index in [1.807, 2.05) is 0 Å². The molecule has 4 nitrogen and oxygen atoms in total. The fourth-order valence-electron chi connectivity index (χ4n) is 5.53. The third kappa shape index (κ3) is 8.03. The second kappa shape index (κ2) is 11.7. The third-order valence-corrected chi connectivity index (χ3v) is 8.30. The number of hydrogen-bond donors (Lipinski definition) is 2. The predicted octanol–water partition coefficient (Wildman–Crippen LogP) is 8.86. The maximum atomic E-state index is 11.6. The molecular weight excluding hydrogens is 494 g/mol. The summed E-state index contributed by atoms with van der Waals surface area (Å²) in [4.78, 5) is 2.39. The highest BCUT2D eigenvalue weighted by Crippen LogP contribution is 2.40. The van der Waals surface area contributed by atoms with E-state index in [4.69, 9.17) is 4.74 Å². The van der Waals surface area contributed by atoms with E-state index in [1.165, 1.54) is 11.1 Å². The fourth-order valence-corrected chi connectivity index (χ4v) is 5.53. The Kier molecular flexibility index (Phi) is 9.48. The van der Waals surface area contributed by atoms with Gasteiger partial charge in [0.2, 0.25) is 0 Å². The summed E-state index contributed by atoms with van der Waals surface area (Å²) in [6.07, 6.45) is 3.45. The number of phenols is 2. The van der Waals surface area contributed by atoms with Crippen LogP contribution in [0, 0.1) is 0 Å². The molecule has 224 valence electrons. The van der Waals surface area contributed by atoms with Crippen LogP contribution in [-0.2, 0) is 39.5 Å². The van der Waals surface area contributed by atoms with Crippen molar-refractivity contribution < 1.29 is 14.9 Å². The zero-order valence-corrected chi connectivity index (χ0v) is 27.6. The average Bonchev–Trinajstić information content (AvgIpc) is 3.30. The van der Waals surface area contributed by atoms with Gasteiger partial charge in [0, 0.05) is 37.4 Å². The number of phenolic OH excluding ortho intramolecular Hbond substituents is 2. The molecule has 0 amide bonds. The molecule has 4 heteroatoms. The van der Waals surface area contributed by atoms with Crippen LogP contribution in [-0.4, -0.2) is 34.4 Å². The topological polar surface area (TPSA) is 52.9 Å². The van der Waals surface area contributed by atoms with Crippen LogP contribution in [0.3, 0.4) is 0 Å². The number of hydrogen-bond acceptors (Lipinski definition) is 4. The predicted molar refractivity (Wildman–Crippen MR) is 169 cm³/mol. The molecule has 0 spiro atoms. The summed E-state index contributed by atoms with van der Waals surface area (Å²) >= 11 is 0. The minimum absolute atomic E-state index is 0.0358. The summed E-state index contributed by atoms with van der Waals surface area (Å²) < 4.78 is 5.98. The van der Waals surface area contributed by atoms with E-state index in [0.29, 0.717) is 24.6 Å². The molecule has 3 rings (SSSR count). The normalized spacial score (nSPS) is 17.2. The number of benzene rings is 2. The summed E-state index contributed by atoms with van der Waals surface area (Å²) in [5.74, 6) is 0.788. The quantitative estimate of drug-likeness (QED) is 0.361. The molecule has 1 heterocycles. The van der Waals surface area contributed by atoms with Gasteiger partial charge >= 0.3 is 0 Å². The van der Waals surface area contributed by atoms with E-state index in [1.54, 1.807) is 0 Å². The van der Waals surface area contributed by atoms with E-state index in [9.17, 15) is 10.2 Å². The molecule has 0 aliphatic carbocycles. The van der Waals surface area contributed by atoms with Gasteiger partial charge in [-0.2, -0.15) is 0 Å². The van der Waals surface area contributed by atoms with Crippen molar-refractivity contribution in [1.82, 2.24) is 4.90 Å². The first-order valence-electron chi connectivity index (χ1n) is 15.3. The van der Waals surface area contributed by atoms with Crippen molar-refractivity contribution in [3.8, 4) is 11.5 Å². The van der Waals surface area contributed by atoms with Crippen LogP contribution in [0.4, 0.5) is 0 Å². The second-order valence-electron chi connectivity index (χ2n) is 16.2. The molecule has 2 aromatic rings. The molecule has 1 fully saturated rings. The van der Waals surface area contributed by atoms with Gasteiger partial charge in [-0.25, -0.2) is 0 Å². The summed E-state index contributed by atoms with van der Waals surface area (Å²) in [6.45, 7) is 29.3. The molecule has 0 saturated carbocycles. The Labute approximate surface area is 245 Å². The molecule has 1 aliphatic heterocycles. The van der Waals surface area contributed by atoms with Gasteiger partial charge in [0.05, 0.1) is 6.10 Å². The zero-order chi connectivity index (χ0) is 30.3. The van der Waals surface area contributed by atoms with Gasteiger partial charge in [-0.05, 0) is 63.2 Å². The minimum Gasteiger partial charge on any atom is -0.507 e. The molecule has 0 bridgehead atoms. The molecule has 0 radical (unpaired) electrons. The monoisotopic (exact) mass is 551 g/mol. The smallest absolute Gasteiger partial charge is 0.123 e. The van der Waals surface area contributed by atoms with Crippen molar-refractivity contribution in [2.75, 3.05) is 13.2 Å². The van der Waals surface area contributed by atoms with Crippen LogP contribution in [0.5, 0.6) is 11.5 Å². The third-order valence-electron chi connectivity index (χ3n) is 8.30. The molecule has 0 aromatic heterocycles. The Balaban J connectivity index is 2.09. The Bertz CT molecular complexity index is 1080. The van der Waals surface area contributed by atoms with Crippen molar-refractivity contribution in [3.05, 3.63) is 57.6 Å². The molecule has 2 aromatic carbocycles. The summed E-state index contributed by atoms with van der Waals surface area (Å²) in [6, 6.07) is 8.75. The van der Waals surface area contributed by atoms with Crippen LogP contribution < -0.4 is 0 Å². The van der Waals surface area contributed by atoms with Gasteiger partial charge in [-0.15, -0.1) is 0 Å². The van der Waals surface area contributed by atoms with Gasteiger partial charge < -0.3 is 14.9 Å². The van der Waals surface area contributed by atoms with E-state index in [2.05, 4.69) is 112 Å². The van der Waals surface area contributed by atoms with E-state index in [0.717, 1.165) is 54.7 Å². The lowest BCUT2D eigenvalue weighted by Gasteiger charge is -2.31. The number of nitrogens with zero attached hydrogens (tertiary/aromatic N) is 1. The summed E-state index contributed by atoms with van der Waals surface area (Å²) in [5.41, 5.74) is 5.92. The maximum Gasteiger partial charge on any atom is 0.123 e. The molecule has 1 aliphatic rings. The standard InChI is InChI=1S/C36H57NO3/c1-33(2,3)26-18-24(31(38)29(20-26)35(7,8)9)22-37(16-15-28-14-13-17-40-28)23-25-19-27(34(4,5)6)21-30(32(25)39)36(10,11)12/h18-21,28,38-39H,13-17,22-23H2,1-12H3. The van der Waals surface area contributed by atoms with Gasteiger partial charge in [-0.3, -0.25) is 4.90 Å². The second-order valence-corrected chi connectivity index (χ2v) is 16.2. The molecule has 1 unspecified atom stereocenters. The molecule has 2 N–H and O–H groups in total. The lowest BCUT2D eigenvalue weighted by atomic mass is 9.78. The number of ether oxygens (including phenoxy) is 1. The van der Waals surface area contributed by atoms with E-state index in [-0.39, 0.29) is 27.8 Å². The van der Waals surface area contributed by atoms with E-state index < -0.39 is 0 Å². The highest BCUT2D eigenvalue weighted by molar-refractivity contribution is 5.50. The number of aromatic hydroxyl groups is 2. The summed E-state index contributed by atoms with van der Waals surface area (Å²) in [5, 5.41) is 23.1. The molecule has 40 heavy (non-hydrogen) atoms. The minimum atomic E-state index is -0.177.